The molecule has 0 saturated carbocycles. The number of carbonyl (C=O) groups is 2. The Labute approximate surface area is 125 Å². The molecule has 1 N–H and O–H groups in total. The van der Waals surface area contributed by atoms with Crippen LogP contribution in [0.2, 0.25) is 0 Å². The first kappa shape index (κ1) is 17.1. The van der Waals surface area contributed by atoms with Crippen LogP contribution in [0.4, 0.5) is 4.79 Å². The maximum atomic E-state index is 12.5. The molecule has 0 aromatic carbocycles. The summed E-state index contributed by atoms with van der Waals surface area (Å²) in [6.07, 6.45) is 0.937. The lowest BCUT2D eigenvalue weighted by molar-refractivity contribution is -0.137. The lowest BCUT2D eigenvalue weighted by Gasteiger charge is -2.30. The van der Waals surface area contributed by atoms with Crippen LogP contribution >= 0.6 is 11.8 Å². The Balaban J connectivity index is 2.70. The van der Waals surface area contributed by atoms with E-state index in [-0.39, 0.29) is 23.2 Å². The van der Waals surface area contributed by atoms with Crippen LogP contribution < -0.4 is 0 Å². The highest BCUT2D eigenvalue weighted by Crippen LogP contribution is 2.30. The molecule has 0 aromatic rings. The fraction of sp³-hybridized carbons (Fsp3) is 0.857. The molecule has 1 fully saturated rings. The average Bonchev–Trinajstić information content (AvgIpc) is 2.47. The second-order valence-electron chi connectivity index (χ2n) is 6.30. The van der Waals surface area contributed by atoms with E-state index < -0.39 is 5.97 Å². The van der Waals surface area contributed by atoms with E-state index in [1.54, 1.807) is 4.90 Å². The summed E-state index contributed by atoms with van der Waals surface area (Å²) in [4.78, 5) is 26.7. The Morgan fingerprint density at radius 1 is 1.35 bits per heavy atom. The van der Waals surface area contributed by atoms with Crippen molar-refractivity contribution in [2.75, 3.05) is 31.9 Å². The predicted octanol–water partition coefficient (Wildman–Crippen LogP) is 2.37. The zero-order chi connectivity index (χ0) is 15.3. The van der Waals surface area contributed by atoms with Crippen LogP contribution in [0, 0.1) is 5.92 Å². The van der Waals surface area contributed by atoms with Crippen molar-refractivity contribution in [3.63, 3.8) is 0 Å². The van der Waals surface area contributed by atoms with Gasteiger partial charge in [-0.3, -0.25) is 4.79 Å². The summed E-state index contributed by atoms with van der Waals surface area (Å²) >= 11 is 1.87. The summed E-state index contributed by atoms with van der Waals surface area (Å²) in [7, 11) is 0. The van der Waals surface area contributed by atoms with E-state index in [1.807, 2.05) is 25.6 Å². The topological polar surface area (TPSA) is 60.9 Å². The lowest BCUT2D eigenvalue weighted by atomic mass is 10.1. The summed E-state index contributed by atoms with van der Waals surface area (Å²) in [6.45, 7) is 10.0. The van der Waals surface area contributed by atoms with Crippen LogP contribution in [-0.2, 0) is 4.79 Å². The first-order chi connectivity index (χ1) is 9.21. The van der Waals surface area contributed by atoms with Gasteiger partial charge in [-0.25, -0.2) is 4.79 Å². The van der Waals surface area contributed by atoms with Gasteiger partial charge in [0.15, 0.2) is 0 Å². The maximum absolute atomic E-state index is 12.5. The molecule has 1 rings (SSSR count). The Kier molecular flexibility index (Phi) is 6.17. The van der Waals surface area contributed by atoms with Crippen molar-refractivity contribution in [2.45, 2.75) is 38.9 Å². The van der Waals surface area contributed by atoms with E-state index in [4.69, 9.17) is 5.11 Å². The minimum atomic E-state index is -0.955. The van der Waals surface area contributed by atoms with E-state index in [0.29, 0.717) is 19.6 Å². The molecular weight excluding hydrogens is 276 g/mol. The highest BCUT2D eigenvalue weighted by molar-refractivity contribution is 8.00. The van der Waals surface area contributed by atoms with Crippen LogP contribution in [-0.4, -0.2) is 63.6 Å². The number of carbonyl (C=O) groups excluding carboxylic acids is 1. The first-order valence-electron chi connectivity index (χ1n) is 7.11. The highest BCUT2D eigenvalue weighted by atomic mass is 32.2. The number of carboxylic acid groups (broad SMARTS) is 1. The third-order valence-electron chi connectivity index (χ3n) is 3.29. The van der Waals surface area contributed by atoms with Crippen LogP contribution in [0.5, 0.6) is 0 Å². The number of rotatable bonds is 4. The molecule has 5 nitrogen and oxygen atoms in total. The molecule has 20 heavy (non-hydrogen) atoms. The van der Waals surface area contributed by atoms with Gasteiger partial charge in [0.2, 0.25) is 0 Å². The van der Waals surface area contributed by atoms with Crippen molar-refractivity contribution in [3.05, 3.63) is 0 Å². The smallest absolute Gasteiger partial charge is 0.323 e. The number of hydrogen-bond donors (Lipinski definition) is 1. The van der Waals surface area contributed by atoms with Gasteiger partial charge < -0.3 is 14.9 Å². The number of amides is 2. The number of aliphatic carboxylic acids is 1. The monoisotopic (exact) mass is 302 g/mol. The number of hydrogen-bond acceptors (Lipinski definition) is 3. The summed E-state index contributed by atoms with van der Waals surface area (Å²) in [5.74, 6) is 0.209. The molecule has 0 bridgehead atoms. The fourth-order valence-electron chi connectivity index (χ4n) is 2.23. The fourth-order valence-corrected chi connectivity index (χ4v) is 3.33. The van der Waals surface area contributed by atoms with Crippen molar-refractivity contribution in [1.82, 2.24) is 9.80 Å². The van der Waals surface area contributed by atoms with E-state index in [1.165, 1.54) is 4.90 Å². The number of urea groups is 1. The normalized spacial score (nSPS) is 18.8. The van der Waals surface area contributed by atoms with Crippen LogP contribution in [0.25, 0.3) is 0 Å². The van der Waals surface area contributed by atoms with Gasteiger partial charge in [-0.05, 0) is 12.3 Å². The van der Waals surface area contributed by atoms with Gasteiger partial charge in [-0.2, -0.15) is 11.8 Å². The zero-order valence-electron chi connectivity index (χ0n) is 12.9. The van der Waals surface area contributed by atoms with Crippen LogP contribution in [0.3, 0.4) is 0 Å². The maximum Gasteiger partial charge on any atom is 0.323 e. The predicted molar refractivity (Wildman–Crippen MR) is 82.2 cm³/mol. The van der Waals surface area contributed by atoms with Crippen molar-refractivity contribution < 1.29 is 14.7 Å². The Morgan fingerprint density at radius 3 is 2.55 bits per heavy atom. The number of thioether (sulfide) groups is 1. The molecule has 0 unspecified atom stereocenters. The molecule has 0 aromatic heterocycles. The summed E-state index contributed by atoms with van der Waals surface area (Å²) in [6, 6.07) is -0.139. The standard InChI is InChI=1S/C14H26N2O3S/c1-11(2)9-16(10-12(17)18)13(19)15-6-5-14(3,4)20-8-7-15/h11H,5-10H2,1-4H3,(H,17,18). The van der Waals surface area contributed by atoms with E-state index in [2.05, 4.69) is 13.8 Å². The minimum Gasteiger partial charge on any atom is -0.480 e. The molecule has 1 saturated heterocycles. The van der Waals surface area contributed by atoms with Crippen molar-refractivity contribution in [2.24, 2.45) is 5.92 Å². The van der Waals surface area contributed by atoms with Gasteiger partial charge in [0.05, 0.1) is 0 Å². The van der Waals surface area contributed by atoms with Crippen molar-refractivity contribution in [3.8, 4) is 0 Å². The molecular formula is C14H26N2O3S. The van der Waals surface area contributed by atoms with Gasteiger partial charge in [-0.15, -0.1) is 0 Å². The van der Waals surface area contributed by atoms with Gasteiger partial charge in [0.25, 0.3) is 0 Å². The van der Waals surface area contributed by atoms with Crippen molar-refractivity contribution >= 4 is 23.8 Å². The number of nitrogens with zero attached hydrogens (tertiary/aromatic N) is 2. The lowest BCUT2D eigenvalue weighted by Crippen LogP contribution is -2.47. The SMILES string of the molecule is CC(C)CN(CC(=O)O)C(=O)N1CCSC(C)(C)CC1. The molecule has 1 aliphatic rings. The Morgan fingerprint density at radius 2 is 2.00 bits per heavy atom. The second kappa shape index (κ2) is 7.20. The Bertz CT molecular complexity index is 358. The third kappa shape index (κ3) is 5.61. The van der Waals surface area contributed by atoms with Gasteiger partial charge in [-0.1, -0.05) is 27.7 Å². The second-order valence-corrected chi connectivity index (χ2v) is 8.10. The van der Waals surface area contributed by atoms with Crippen LogP contribution in [0.1, 0.15) is 34.1 Å². The molecule has 1 aliphatic heterocycles. The van der Waals surface area contributed by atoms with Gasteiger partial charge in [0.1, 0.15) is 6.54 Å². The molecule has 0 radical (unpaired) electrons. The van der Waals surface area contributed by atoms with E-state index >= 15 is 0 Å². The molecule has 1 heterocycles. The van der Waals surface area contributed by atoms with Gasteiger partial charge >= 0.3 is 12.0 Å². The largest absolute Gasteiger partial charge is 0.480 e. The quantitative estimate of drug-likeness (QED) is 0.866. The minimum absolute atomic E-state index is 0.139. The molecule has 0 aliphatic carbocycles. The average molecular weight is 302 g/mol. The zero-order valence-corrected chi connectivity index (χ0v) is 13.7. The summed E-state index contributed by atoms with van der Waals surface area (Å²) in [5, 5.41) is 8.97. The highest BCUT2D eigenvalue weighted by Gasteiger charge is 2.29. The number of carboxylic acids is 1. The molecule has 0 atom stereocenters. The Hall–Kier alpha value is -0.910. The molecule has 6 heteroatoms. The molecule has 2 amide bonds. The first-order valence-corrected chi connectivity index (χ1v) is 8.09. The summed E-state index contributed by atoms with van der Waals surface area (Å²) < 4.78 is 0.185. The van der Waals surface area contributed by atoms with Crippen molar-refractivity contribution in [1.29, 1.82) is 0 Å². The van der Waals surface area contributed by atoms with Gasteiger partial charge in [0, 0.05) is 30.1 Å². The van der Waals surface area contributed by atoms with Crippen LogP contribution in [0.15, 0.2) is 0 Å². The molecule has 116 valence electrons. The van der Waals surface area contributed by atoms with E-state index in [9.17, 15) is 9.59 Å². The van der Waals surface area contributed by atoms with E-state index in [0.717, 1.165) is 12.2 Å². The summed E-state index contributed by atoms with van der Waals surface area (Å²) in [5.41, 5.74) is 0. The third-order valence-corrected chi connectivity index (χ3v) is 4.66. The molecule has 0 spiro atoms.